The molecule has 0 bridgehead atoms. The average molecular weight is 306 g/mol. The summed E-state index contributed by atoms with van der Waals surface area (Å²) in [4.78, 5) is 36.5. The minimum atomic E-state index is -0.227. The van der Waals surface area contributed by atoms with E-state index in [0.29, 0.717) is 24.1 Å². The first-order chi connectivity index (χ1) is 11.2. The molecule has 0 fully saturated rings. The van der Waals surface area contributed by atoms with E-state index in [1.165, 1.54) is 4.90 Å². The molecular weight excluding hydrogens is 292 g/mol. The molecule has 114 valence electrons. The molecule has 0 unspecified atom stereocenters. The van der Waals surface area contributed by atoms with Crippen LogP contribution >= 0.6 is 0 Å². The standard InChI is InChI=1S/C17H14N4O2/c22-16-12-4-1-2-5-13(12)17(23)21(16)9-7-11-10-19-15(20-11)14-6-3-8-18-14/h1-6,8,10,18H,7,9H2,(H,19,20). The fourth-order valence-corrected chi connectivity index (χ4v) is 2.78. The highest BCUT2D eigenvalue weighted by Crippen LogP contribution is 2.22. The van der Waals surface area contributed by atoms with Gasteiger partial charge in [0, 0.05) is 31.1 Å². The number of fused-ring (bicyclic) bond motifs is 1. The molecule has 3 heterocycles. The molecule has 0 spiro atoms. The van der Waals surface area contributed by atoms with Crippen molar-refractivity contribution < 1.29 is 9.59 Å². The number of aromatic amines is 2. The minimum Gasteiger partial charge on any atom is -0.359 e. The van der Waals surface area contributed by atoms with Gasteiger partial charge in [-0.05, 0) is 24.3 Å². The molecule has 6 nitrogen and oxygen atoms in total. The lowest BCUT2D eigenvalue weighted by molar-refractivity contribution is 0.0656. The number of carbonyl (C=O) groups excluding carboxylic acids is 2. The van der Waals surface area contributed by atoms with E-state index in [-0.39, 0.29) is 11.8 Å². The fourth-order valence-electron chi connectivity index (χ4n) is 2.78. The van der Waals surface area contributed by atoms with Gasteiger partial charge in [0.25, 0.3) is 11.8 Å². The topological polar surface area (TPSA) is 81.8 Å². The van der Waals surface area contributed by atoms with Crippen LogP contribution in [0.2, 0.25) is 0 Å². The quantitative estimate of drug-likeness (QED) is 0.725. The van der Waals surface area contributed by atoms with E-state index in [2.05, 4.69) is 15.0 Å². The number of H-pyrrole nitrogens is 2. The second-order valence-electron chi connectivity index (χ2n) is 5.40. The van der Waals surface area contributed by atoms with E-state index in [0.717, 1.165) is 17.2 Å². The number of aromatic nitrogens is 3. The normalized spacial score (nSPS) is 13.7. The van der Waals surface area contributed by atoms with Crippen LogP contribution in [0.15, 0.2) is 48.8 Å². The second-order valence-corrected chi connectivity index (χ2v) is 5.40. The van der Waals surface area contributed by atoms with Gasteiger partial charge in [-0.25, -0.2) is 4.98 Å². The van der Waals surface area contributed by atoms with Crippen molar-refractivity contribution in [2.24, 2.45) is 0 Å². The molecule has 1 aliphatic heterocycles. The van der Waals surface area contributed by atoms with Crippen LogP contribution in [0, 0.1) is 0 Å². The van der Waals surface area contributed by atoms with Crippen molar-refractivity contribution in [1.29, 1.82) is 0 Å². The zero-order valence-corrected chi connectivity index (χ0v) is 12.2. The lowest BCUT2D eigenvalue weighted by atomic mass is 10.1. The highest BCUT2D eigenvalue weighted by atomic mass is 16.2. The number of nitrogens with zero attached hydrogens (tertiary/aromatic N) is 2. The van der Waals surface area contributed by atoms with Crippen LogP contribution in [-0.4, -0.2) is 38.2 Å². The first kappa shape index (κ1) is 13.5. The molecule has 0 saturated carbocycles. The van der Waals surface area contributed by atoms with Crippen molar-refractivity contribution >= 4 is 11.8 Å². The molecule has 2 amide bonds. The van der Waals surface area contributed by atoms with E-state index in [1.807, 2.05) is 18.3 Å². The van der Waals surface area contributed by atoms with Gasteiger partial charge in [0.2, 0.25) is 0 Å². The largest absolute Gasteiger partial charge is 0.359 e. The summed E-state index contributed by atoms with van der Waals surface area (Å²) in [5, 5.41) is 0. The highest BCUT2D eigenvalue weighted by molar-refractivity contribution is 6.21. The van der Waals surface area contributed by atoms with Crippen LogP contribution in [0.3, 0.4) is 0 Å². The summed E-state index contributed by atoms with van der Waals surface area (Å²) in [6.45, 7) is 0.332. The number of hydrogen-bond acceptors (Lipinski definition) is 3. The predicted octanol–water partition coefficient (Wildman–Crippen LogP) is 2.24. The molecule has 0 atom stereocenters. The molecule has 0 aliphatic carbocycles. The van der Waals surface area contributed by atoms with Gasteiger partial charge in [0.1, 0.15) is 0 Å². The zero-order chi connectivity index (χ0) is 15.8. The van der Waals surface area contributed by atoms with Crippen molar-refractivity contribution in [1.82, 2.24) is 19.9 Å². The Morgan fingerprint density at radius 2 is 1.74 bits per heavy atom. The predicted molar refractivity (Wildman–Crippen MR) is 83.9 cm³/mol. The number of carbonyl (C=O) groups is 2. The monoisotopic (exact) mass is 306 g/mol. The summed E-state index contributed by atoms with van der Waals surface area (Å²) in [5.74, 6) is 0.289. The molecule has 2 aromatic heterocycles. The van der Waals surface area contributed by atoms with E-state index >= 15 is 0 Å². The second kappa shape index (κ2) is 5.24. The molecule has 1 aliphatic rings. The van der Waals surface area contributed by atoms with Crippen LogP contribution in [0.5, 0.6) is 0 Å². The number of hydrogen-bond donors (Lipinski definition) is 2. The first-order valence-corrected chi connectivity index (χ1v) is 7.37. The summed E-state index contributed by atoms with van der Waals surface area (Å²) >= 11 is 0. The van der Waals surface area contributed by atoms with Gasteiger partial charge < -0.3 is 9.97 Å². The number of imide groups is 1. The van der Waals surface area contributed by atoms with Gasteiger partial charge in [-0.2, -0.15) is 0 Å². The lowest BCUT2D eigenvalue weighted by Gasteiger charge is -2.12. The zero-order valence-electron chi connectivity index (χ0n) is 12.2. The smallest absolute Gasteiger partial charge is 0.261 e. The van der Waals surface area contributed by atoms with Crippen molar-refractivity contribution in [3.63, 3.8) is 0 Å². The number of amides is 2. The SMILES string of the molecule is O=C1c2ccccc2C(=O)N1CCc1cnc(-c2ccc[nH]2)[nH]1. The molecule has 2 N–H and O–H groups in total. The van der Waals surface area contributed by atoms with Crippen LogP contribution in [0.4, 0.5) is 0 Å². The van der Waals surface area contributed by atoms with Gasteiger partial charge in [-0.1, -0.05) is 12.1 Å². The summed E-state index contributed by atoms with van der Waals surface area (Å²) in [7, 11) is 0. The van der Waals surface area contributed by atoms with E-state index in [4.69, 9.17) is 0 Å². The van der Waals surface area contributed by atoms with Gasteiger partial charge in [-0.3, -0.25) is 14.5 Å². The molecular formula is C17H14N4O2. The van der Waals surface area contributed by atoms with E-state index < -0.39 is 0 Å². The number of benzene rings is 1. The van der Waals surface area contributed by atoms with Gasteiger partial charge in [-0.15, -0.1) is 0 Å². The molecule has 1 aromatic carbocycles. The van der Waals surface area contributed by atoms with Crippen molar-refractivity contribution in [2.75, 3.05) is 6.54 Å². The third kappa shape index (κ3) is 2.24. The number of rotatable bonds is 4. The average Bonchev–Trinajstić information content (AvgIpc) is 3.29. The van der Waals surface area contributed by atoms with Crippen molar-refractivity contribution in [3.8, 4) is 11.5 Å². The Hall–Kier alpha value is -3.15. The highest BCUT2D eigenvalue weighted by Gasteiger charge is 2.34. The first-order valence-electron chi connectivity index (χ1n) is 7.37. The maximum absolute atomic E-state index is 12.3. The third-order valence-electron chi connectivity index (χ3n) is 3.96. The van der Waals surface area contributed by atoms with Crippen LogP contribution in [0.25, 0.3) is 11.5 Å². The Morgan fingerprint density at radius 1 is 1.00 bits per heavy atom. The fraction of sp³-hybridized carbons (Fsp3) is 0.118. The summed E-state index contributed by atoms with van der Waals surface area (Å²) in [5.41, 5.74) is 2.74. The van der Waals surface area contributed by atoms with Crippen LogP contribution in [-0.2, 0) is 6.42 Å². The maximum atomic E-state index is 12.3. The maximum Gasteiger partial charge on any atom is 0.261 e. The third-order valence-corrected chi connectivity index (χ3v) is 3.96. The Labute approximate surface area is 132 Å². The molecule has 0 saturated heterocycles. The molecule has 3 aromatic rings. The summed E-state index contributed by atoms with van der Waals surface area (Å²) < 4.78 is 0. The van der Waals surface area contributed by atoms with Gasteiger partial charge in [0.05, 0.1) is 16.8 Å². The Kier molecular flexibility index (Phi) is 3.08. The van der Waals surface area contributed by atoms with Crippen molar-refractivity contribution in [2.45, 2.75) is 6.42 Å². The Balaban J connectivity index is 1.48. The molecule has 4 rings (SSSR count). The van der Waals surface area contributed by atoms with Gasteiger partial charge in [0.15, 0.2) is 5.82 Å². The van der Waals surface area contributed by atoms with Gasteiger partial charge >= 0.3 is 0 Å². The van der Waals surface area contributed by atoms with Crippen LogP contribution in [0.1, 0.15) is 26.4 Å². The minimum absolute atomic E-state index is 0.227. The molecule has 0 radical (unpaired) electrons. The Bertz CT molecular complexity index is 845. The van der Waals surface area contributed by atoms with E-state index in [9.17, 15) is 9.59 Å². The molecule has 6 heteroatoms. The summed E-state index contributed by atoms with van der Waals surface area (Å²) in [6, 6.07) is 10.7. The number of imidazole rings is 1. The summed E-state index contributed by atoms with van der Waals surface area (Å²) in [6.07, 6.45) is 4.10. The van der Waals surface area contributed by atoms with Crippen LogP contribution < -0.4 is 0 Å². The molecule has 23 heavy (non-hydrogen) atoms. The van der Waals surface area contributed by atoms with Crippen molar-refractivity contribution in [3.05, 3.63) is 65.6 Å². The lowest BCUT2D eigenvalue weighted by Crippen LogP contribution is -2.31. The number of nitrogens with one attached hydrogen (secondary N) is 2. The van der Waals surface area contributed by atoms with E-state index in [1.54, 1.807) is 30.5 Å². The Morgan fingerprint density at radius 3 is 2.39 bits per heavy atom.